The van der Waals surface area contributed by atoms with Crippen LogP contribution in [0.2, 0.25) is 0 Å². The van der Waals surface area contributed by atoms with E-state index in [1.807, 2.05) is 6.92 Å². The molecule has 1 unspecified atom stereocenters. The van der Waals surface area contributed by atoms with E-state index in [2.05, 4.69) is 5.32 Å². The number of nitrogens with one attached hydrogen (secondary N) is 1. The third-order valence-corrected chi connectivity index (χ3v) is 2.23. The molecule has 0 aromatic rings. The zero-order valence-electron chi connectivity index (χ0n) is 10.7. The number of likely N-dealkylation sites (N-methyl/N-ethyl adjacent to an activating group) is 1. The SMILES string of the molecule is CCNC(C)(COCCCOC)C(=O)OC. The summed E-state index contributed by atoms with van der Waals surface area (Å²) in [7, 11) is 3.03. The van der Waals surface area contributed by atoms with Crippen molar-refractivity contribution in [2.75, 3.05) is 40.6 Å². The highest BCUT2D eigenvalue weighted by Gasteiger charge is 2.33. The van der Waals surface area contributed by atoms with Crippen LogP contribution in [0.5, 0.6) is 0 Å². The average molecular weight is 233 g/mol. The van der Waals surface area contributed by atoms with E-state index in [0.717, 1.165) is 6.42 Å². The van der Waals surface area contributed by atoms with E-state index >= 15 is 0 Å². The molecule has 0 saturated heterocycles. The second-order valence-electron chi connectivity index (χ2n) is 3.75. The Morgan fingerprint density at radius 3 is 2.50 bits per heavy atom. The highest BCUT2D eigenvalue weighted by Crippen LogP contribution is 2.07. The van der Waals surface area contributed by atoms with Crippen LogP contribution >= 0.6 is 0 Å². The van der Waals surface area contributed by atoms with Crippen LogP contribution in [0.3, 0.4) is 0 Å². The summed E-state index contributed by atoms with van der Waals surface area (Å²) in [6.45, 7) is 5.94. The van der Waals surface area contributed by atoms with Crippen LogP contribution in [0, 0.1) is 0 Å². The normalized spacial score (nSPS) is 14.5. The maximum absolute atomic E-state index is 11.6. The summed E-state index contributed by atoms with van der Waals surface area (Å²) in [5, 5.41) is 3.07. The molecule has 0 aromatic carbocycles. The van der Waals surface area contributed by atoms with E-state index in [1.165, 1.54) is 7.11 Å². The van der Waals surface area contributed by atoms with Crippen molar-refractivity contribution in [3.05, 3.63) is 0 Å². The van der Waals surface area contributed by atoms with E-state index < -0.39 is 5.54 Å². The van der Waals surface area contributed by atoms with Crippen molar-refractivity contribution in [1.29, 1.82) is 0 Å². The second-order valence-corrected chi connectivity index (χ2v) is 3.75. The van der Waals surface area contributed by atoms with Crippen LogP contribution in [0.1, 0.15) is 20.3 Å². The predicted molar refractivity (Wildman–Crippen MR) is 61.4 cm³/mol. The first-order valence-electron chi connectivity index (χ1n) is 5.50. The van der Waals surface area contributed by atoms with Crippen LogP contribution < -0.4 is 5.32 Å². The minimum Gasteiger partial charge on any atom is -0.468 e. The van der Waals surface area contributed by atoms with Crippen molar-refractivity contribution in [2.45, 2.75) is 25.8 Å². The maximum Gasteiger partial charge on any atom is 0.328 e. The maximum atomic E-state index is 11.6. The van der Waals surface area contributed by atoms with Gasteiger partial charge in [0.25, 0.3) is 0 Å². The first kappa shape index (κ1) is 15.3. The molecule has 1 N–H and O–H groups in total. The van der Waals surface area contributed by atoms with Crippen LogP contribution in [0.15, 0.2) is 0 Å². The third kappa shape index (κ3) is 5.44. The number of carbonyl (C=O) groups is 1. The number of rotatable bonds is 9. The predicted octanol–water partition coefficient (Wildman–Crippen LogP) is 0.581. The fourth-order valence-electron chi connectivity index (χ4n) is 1.38. The van der Waals surface area contributed by atoms with Gasteiger partial charge in [0.05, 0.1) is 13.7 Å². The molecule has 5 nitrogen and oxygen atoms in total. The number of hydrogen-bond donors (Lipinski definition) is 1. The number of carbonyl (C=O) groups excluding carboxylic acids is 1. The van der Waals surface area contributed by atoms with Gasteiger partial charge in [-0.25, -0.2) is 4.79 Å². The molecule has 0 aliphatic heterocycles. The molecule has 0 aromatic heterocycles. The van der Waals surface area contributed by atoms with Gasteiger partial charge in [0.2, 0.25) is 0 Å². The molecular weight excluding hydrogens is 210 g/mol. The summed E-state index contributed by atoms with van der Waals surface area (Å²) < 4.78 is 15.1. The molecule has 0 saturated carbocycles. The van der Waals surface area contributed by atoms with Gasteiger partial charge in [-0.2, -0.15) is 0 Å². The van der Waals surface area contributed by atoms with E-state index in [4.69, 9.17) is 14.2 Å². The van der Waals surface area contributed by atoms with Gasteiger partial charge in [-0.05, 0) is 19.9 Å². The molecule has 0 fully saturated rings. The van der Waals surface area contributed by atoms with Gasteiger partial charge in [0, 0.05) is 20.3 Å². The molecule has 5 heteroatoms. The number of hydrogen-bond acceptors (Lipinski definition) is 5. The highest BCUT2D eigenvalue weighted by atomic mass is 16.5. The highest BCUT2D eigenvalue weighted by molar-refractivity contribution is 5.80. The Kier molecular flexibility index (Phi) is 8.15. The lowest BCUT2D eigenvalue weighted by molar-refractivity contribution is -0.150. The lowest BCUT2D eigenvalue weighted by Crippen LogP contribution is -2.53. The molecular formula is C11H23NO4. The Morgan fingerprint density at radius 2 is 2.00 bits per heavy atom. The second kappa shape index (κ2) is 8.50. The molecule has 1 atom stereocenters. The molecule has 96 valence electrons. The Balaban J connectivity index is 3.97. The smallest absolute Gasteiger partial charge is 0.328 e. The Morgan fingerprint density at radius 1 is 1.31 bits per heavy atom. The van der Waals surface area contributed by atoms with Crippen LogP contribution in [0.25, 0.3) is 0 Å². The topological polar surface area (TPSA) is 56.8 Å². The lowest BCUT2D eigenvalue weighted by atomic mass is 10.0. The van der Waals surface area contributed by atoms with Gasteiger partial charge >= 0.3 is 5.97 Å². The standard InChI is InChI=1S/C11H23NO4/c1-5-12-11(2,10(13)15-4)9-16-8-6-7-14-3/h12H,5-9H2,1-4H3. The first-order valence-corrected chi connectivity index (χ1v) is 5.50. The molecule has 0 bridgehead atoms. The molecule has 0 aliphatic carbocycles. The molecule has 0 spiro atoms. The van der Waals surface area contributed by atoms with Gasteiger partial charge in [-0.3, -0.25) is 0 Å². The van der Waals surface area contributed by atoms with Gasteiger partial charge in [0.1, 0.15) is 5.54 Å². The van der Waals surface area contributed by atoms with Crippen LogP contribution in [0.4, 0.5) is 0 Å². The largest absolute Gasteiger partial charge is 0.468 e. The molecule has 0 amide bonds. The zero-order chi connectivity index (χ0) is 12.4. The Labute approximate surface area is 97.4 Å². The Bertz CT molecular complexity index is 198. The minimum atomic E-state index is -0.767. The van der Waals surface area contributed by atoms with E-state index in [9.17, 15) is 4.79 Å². The summed E-state index contributed by atoms with van der Waals surface area (Å²) in [6.07, 6.45) is 0.819. The number of ether oxygens (including phenoxy) is 3. The van der Waals surface area contributed by atoms with Crippen molar-refractivity contribution in [1.82, 2.24) is 5.32 Å². The number of esters is 1. The first-order chi connectivity index (χ1) is 7.60. The third-order valence-electron chi connectivity index (χ3n) is 2.23. The average Bonchev–Trinajstić information content (AvgIpc) is 2.28. The van der Waals surface area contributed by atoms with Crippen LogP contribution in [-0.4, -0.2) is 52.1 Å². The van der Waals surface area contributed by atoms with E-state index in [0.29, 0.717) is 26.4 Å². The van der Waals surface area contributed by atoms with Crippen molar-refractivity contribution < 1.29 is 19.0 Å². The molecule has 16 heavy (non-hydrogen) atoms. The van der Waals surface area contributed by atoms with Gasteiger partial charge < -0.3 is 19.5 Å². The van der Waals surface area contributed by atoms with Gasteiger partial charge in [-0.1, -0.05) is 6.92 Å². The number of methoxy groups -OCH3 is 2. The zero-order valence-corrected chi connectivity index (χ0v) is 10.7. The van der Waals surface area contributed by atoms with Crippen molar-refractivity contribution >= 4 is 5.97 Å². The molecule has 0 aliphatic rings. The van der Waals surface area contributed by atoms with Gasteiger partial charge in [-0.15, -0.1) is 0 Å². The van der Waals surface area contributed by atoms with Crippen molar-refractivity contribution in [3.63, 3.8) is 0 Å². The molecule has 0 radical (unpaired) electrons. The van der Waals surface area contributed by atoms with E-state index in [1.54, 1.807) is 14.0 Å². The summed E-state index contributed by atoms with van der Waals surface area (Å²) in [4.78, 5) is 11.6. The molecule has 0 rings (SSSR count). The summed E-state index contributed by atoms with van der Waals surface area (Å²) in [6, 6.07) is 0. The minimum absolute atomic E-state index is 0.303. The van der Waals surface area contributed by atoms with Crippen molar-refractivity contribution in [2.24, 2.45) is 0 Å². The fourth-order valence-corrected chi connectivity index (χ4v) is 1.38. The summed E-state index contributed by atoms with van der Waals surface area (Å²) in [5.74, 6) is -0.305. The lowest BCUT2D eigenvalue weighted by Gasteiger charge is -2.27. The fraction of sp³-hybridized carbons (Fsp3) is 0.909. The van der Waals surface area contributed by atoms with Crippen molar-refractivity contribution in [3.8, 4) is 0 Å². The van der Waals surface area contributed by atoms with Crippen LogP contribution in [-0.2, 0) is 19.0 Å². The molecule has 0 heterocycles. The van der Waals surface area contributed by atoms with E-state index in [-0.39, 0.29) is 5.97 Å². The Hall–Kier alpha value is -0.650. The summed E-state index contributed by atoms with van der Waals surface area (Å²) >= 11 is 0. The summed E-state index contributed by atoms with van der Waals surface area (Å²) in [5.41, 5.74) is -0.767. The monoisotopic (exact) mass is 233 g/mol. The van der Waals surface area contributed by atoms with Gasteiger partial charge in [0.15, 0.2) is 0 Å². The quantitative estimate of drug-likeness (QED) is 0.466.